The standard InChI is InChI=1S/C17H23N3O/c1-5-8-13(3)12-21-17-18-16(20(4)19-17)15-10-7-9-14(6-2)11-15/h7,9-11H,3,5-6,8,12H2,1-2,4H3. The van der Waals surface area contributed by atoms with Gasteiger partial charge >= 0.3 is 6.01 Å². The summed E-state index contributed by atoms with van der Waals surface area (Å²) < 4.78 is 7.37. The fraction of sp³-hybridized carbons (Fsp3) is 0.412. The van der Waals surface area contributed by atoms with Gasteiger partial charge in [-0.3, -0.25) is 0 Å². The van der Waals surface area contributed by atoms with E-state index in [0.717, 1.165) is 36.2 Å². The highest BCUT2D eigenvalue weighted by molar-refractivity contribution is 5.56. The van der Waals surface area contributed by atoms with Gasteiger partial charge in [-0.1, -0.05) is 45.0 Å². The average molecular weight is 285 g/mol. The van der Waals surface area contributed by atoms with Crippen molar-refractivity contribution >= 4 is 0 Å². The zero-order valence-electron chi connectivity index (χ0n) is 13.1. The maximum atomic E-state index is 5.62. The van der Waals surface area contributed by atoms with Crippen LogP contribution in [0.4, 0.5) is 0 Å². The van der Waals surface area contributed by atoms with E-state index in [4.69, 9.17) is 4.74 Å². The fourth-order valence-electron chi connectivity index (χ4n) is 2.20. The van der Waals surface area contributed by atoms with Crippen molar-refractivity contribution in [2.24, 2.45) is 7.05 Å². The molecule has 2 aromatic rings. The number of nitrogens with zero attached hydrogens (tertiary/aromatic N) is 3. The monoisotopic (exact) mass is 285 g/mol. The second-order valence-corrected chi connectivity index (χ2v) is 5.18. The molecular weight excluding hydrogens is 262 g/mol. The van der Waals surface area contributed by atoms with Crippen molar-refractivity contribution in [2.45, 2.75) is 33.1 Å². The third kappa shape index (κ3) is 3.94. The molecular formula is C17H23N3O. The second-order valence-electron chi connectivity index (χ2n) is 5.18. The predicted octanol–water partition coefficient (Wildman–Crippen LogP) is 3.78. The molecule has 0 spiro atoms. The highest BCUT2D eigenvalue weighted by Gasteiger charge is 2.11. The molecule has 0 radical (unpaired) electrons. The van der Waals surface area contributed by atoms with E-state index < -0.39 is 0 Å². The van der Waals surface area contributed by atoms with Gasteiger partial charge in [0.1, 0.15) is 6.61 Å². The minimum Gasteiger partial charge on any atom is -0.458 e. The normalized spacial score (nSPS) is 10.6. The highest BCUT2D eigenvalue weighted by atomic mass is 16.5. The molecule has 0 amide bonds. The topological polar surface area (TPSA) is 39.9 Å². The maximum Gasteiger partial charge on any atom is 0.336 e. The molecule has 0 fully saturated rings. The second kappa shape index (κ2) is 7.07. The molecule has 0 aliphatic heterocycles. The lowest BCUT2D eigenvalue weighted by Crippen LogP contribution is -2.01. The van der Waals surface area contributed by atoms with Crippen LogP contribution in [0, 0.1) is 0 Å². The smallest absolute Gasteiger partial charge is 0.336 e. The maximum absolute atomic E-state index is 5.62. The molecule has 1 aromatic carbocycles. The summed E-state index contributed by atoms with van der Waals surface area (Å²) in [6.45, 7) is 8.73. The van der Waals surface area contributed by atoms with E-state index >= 15 is 0 Å². The first-order valence-electron chi connectivity index (χ1n) is 7.43. The van der Waals surface area contributed by atoms with Crippen LogP contribution in [0.25, 0.3) is 11.4 Å². The van der Waals surface area contributed by atoms with E-state index in [2.05, 4.69) is 42.6 Å². The minimum atomic E-state index is 0.409. The largest absolute Gasteiger partial charge is 0.458 e. The van der Waals surface area contributed by atoms with Gasteiger partial charge in [0.25, 0.3) is 0 Å². The van der Waals surface area contributed by atoms with Crippen molar-refractivity contribution in [1.29, 1.82) is 0 Å². The lowest BCUT2D eigenvalue weighted by Gasteiger charge is -2.03. The first kappa shape index (κ1) is 15.3. The van der Waals surface area contributed by atoms with Crippen molar-refractivity contribution < 1.29 is 4.74 Å². The van der Waals surface area contributed by atoms with Crippen molar-refractivity contribution in [3.05, 3.63) is 42.0 Å². The quantitative estimate of drug-likeness (QED) is 0.727. The van der Waals surface area contributed by atoms with Crippen LogP contribution in [0.2, 0.25) is 0 Å². The molecule has 4 heteroatoms. The van der Waals surface area contributed by atoms with Crippen LogP contribution in [0.5, 0.6) is 6.01 Å². The Morgan fingerprint density at radius 1 is 1.33 bits per heavy atom. The lowest BCUT2D eigenvalue weighted by molar-refractivity contribution is 0.318. The summed E-state index contributed by atoms with van der Waals surface area (Å²) in [6, 6.07) is 8.76. The molecule has 21 heavy (non-hydrogen) atoms. The number of benzene rings is 1. The molecule has 112 valence electrons. The molecule has 0 saturated carbocycles. The summed E-state index contributed by atoms with van der Waals surface area (Å²) in [4.78, 5) is 4.48. The number of ether oxygens (including phenoxy) is 1. The molecule has 0 bridgehead atoms. The van der Waals surface area contributed by atoms with E-state index in [9.17, 15) is 0 Å². The molecule has 1 aromatic heterocycles. The summed E-state index contributed by atoms with van der Waals surface area (Å²) >= 11 is 0. The Morgan fingerprint density at radius 3 is 2.86 bits per heavy atom. The average Bonchev–Trinajstić information content (AvgIpc) is 2.87. The third-order valence-corrected chi connectivity index (χ3v) is 3.35. The number of aryl methyl sites for hydroxylation is 2. The van der Waals surface area contributed by atoms with E-state index in [1.807, 2.05) is 19.2 Å². The summed E-state index contributed by atoms with van der Waals surface area (Å²) in [5.41, 5.74) is 3.42. The van der Waals surface area contributed by atoms with E-state index in [1.54, 1.807) is 4.68 Å². The van der Waals surface area contributed by atoms with Crippen molar-refractivity contribution in [1.82, 2.24) is 14.8 Å². The number of rotatable bonds is 7. The summed E-state index contributed by atoms with van der Waals surface area (Å²) in [6.07, 6.45) is 3.05. The van der Waals surface area contributed by atoms with Crippen LogP contribution in [0.15, 0.2) is 36.4 Å². The number of aromatic nitrogens is 3. The Labute approximate surface area is 126 Å². The van der Waals surface area contributed by atoms with Crippen molar-refractivity contribution in [3.63, 3.8) is 0 Å². The molecule has 2 rings (SSSR count). The molecule has 0 aliphatic carbocycles. The first-order valence-corrected chi connectivity index (χ1v) is 7.43. The molecule has 1 heterocycles. The zero-order chi connectivity index (χ0) is 15.2. The van der Waals surface area contributed by atoms with Crippen molar-refractivity contribution in [3.8, 4) is 17.4 Å². The zero-order valence-corrected chi connectivity index (χ0v) is 13.1. The SMILES string of the molecule is C=C(CCC)COc1nc(-c2cccc(CC)c2)n(C)n1. The third-order valence-electron chi connectivity index (χ3n) is 3.35. The number of hydrogen-bond donors (Lipinski definition) is 0. The van der Waals surface area contributed by atoms with Crippen molar-refractivity contribution in [2.75, 3.05) is 6.61 Å². The Morgan fingerprint density at radius 2 is 2.14 bits per heavy atom. The summed E-state index contributed by atoms with van der Waals surface area (Å²) in [5, 5.41) is 4.32. The first-order chi connectivity index (χ1) is 10.1. The van der Waals surface area contributed by atoms with Gasteiger partial charge in [-0.25, -0.2) is 4.68 Å². The summed E-state index contributed by atoms with van der Waals surface area (Å²) in [5.74, 6) is 0.821. The molecule has 4 nitrogen and oxygen atoms in total. The number of hydrogen-bond acceptors (Lipinski definition) is 3. The van der Waals surface area contributed by atoms with E-state index in [-0.39, 0.29) is 0 Å². The lowest BCUT2D eigenvalue weighted by atomic mass is 10.1. The molecule has 0 atom stereocenters. The highest BCUT2D eigenvalue weighted by Crippen LogP contribution is 2.20. The van der Waals surface area contributed by atoms with Crippen LogP contribution in [0.1, 0.15) is 32.3 Å². The Kier molecular flexibility index (Phi) is 5.14. The van der Waals surface area contributed by atoms with E-state index in [0.29, 0.717) is 12.6 Å². The molecule has 0 N–H and O–H groups in total. The van der Waals surface area contributed by atoms with Crippen LogP contribution < -0.4 is 4.74 Å². The van der Waals surface area contributed by atoms with Crippen LogP contribution in [-0.2, 0) is 13.5 Å². The van der Waals surface area contributed by atoms with Gasteiger partial charge in [-0.2, -0.15) is 4.98 Å². The van der Waals surface area contributed by atoms with E-state index in [1.165, 1.54) is 5.56 Å². The van der Waals surface area contributed by atoms with Gasteiger partial charge in [0, 0.05) is 12.6 Å². The molecule has 0 saturated heterocycles. The minimum absolute atomic E-state index is 0.409. The van der Waals surface area contributed by atoms with Crippen LogP contribution >= 0.6 is 0 Å². The Bertz CT molecular complexity index is 616. The van der Waals surface area contributed by atoms with Gasteiger partial charge in [0.05, 0.1) is 0 Å². The van der Waals surface area contributed by atoms with Crippen LogP contribution in [0.3, 0.4) is 0 Å². The van der Waals surface area contributed by atoms with Gasteiger partial charge < -0.3 is 4.74 Å². The Hall–Kier alpha value is -2.10. The molecule has 0 unspecified atom stereocenters. The molecule has 0 aliphatic rings. The van der Waals surface area contributed by atoms with Gasteiger partial charge in [-0.15, -0.1) is 5.10 Å². The van der Waals surface area contributed by atoms with Gasteiger partial charge in [-0.05, 0) is 30.0 Å². The van der Waals surface area contributed by atoms with Crippen LogP contribution in [-0.4, -0.2) is 21.4 Å². The van der Waals surface area contributed by atoms with Gasteiger partial charge in [0.2, 0.25) is 0 Å². The predicted molar refractivity (Wildman–Crippen MR) is 85.4 cm³/mol. The fourth-order valence-corrected chi connectivity index (χ4v) is 2.20. The van der Waals surface area contributed by atoms with Gasteiger partial charge in [0.15, 0.2) is 5.82 Å². The Balaban J connectivity index is 2.13. The summed E-state index contributed by atoms with van der Waals surface area (Å²) in [7, 11) is 1.88.